The van der Waals surface area contributed by atoms with Crippen molar-refractivity contribution in [1.29, 1.82) is 0 Å². The van der Waals surface area contributed by atoms with E-state index in [2.05, 4.69) is 286 Å². The van der Waals surface area contributed by atoms with Crippen molar-refractivity contribution in [2.75, 3.05) is 0 Å². The van der Waals surface area contributed by atoms with Crippen LogP contribution in [-0.4, -0.2) is 72.3 Å². The summed E-state index contributed by atoms with van der Waals surface area (Å²) in [6.07, 6.45) is 10.9. The number of benzene rings is 12. The van der Waals surface area contributed by atoms with Gasteiger partial charge in [0.25, 0.3) is 0 Å². The topological polar surface area (TPSA) is 146 Å². The second-order valence-corrected chi connectivity index (χ2v) is 30.1. The Hall–Kier alpha value is -14.6. The number of hydrogen-bond donors (Lipinski definition) is 0. The van der Waals surface area contributed by atoms with Gasteiger partial charge in [-0.2, -0.15) is 0 Å². The number of fused-ring (bicyclic) bond motifs is 12. The number of nitrogens with zero attached hydrogens (tertiary/aromatic N) is 15. The molecular weight excluding hydrogens is 2090 g/mol. The smallest absolute Gasteiger partial charge is 0.367 e. The van der Waals surface area contributed by atoms with Gasteiger partial charge >= 0.3 is 63.2 Å². The first-order chi connectivity index (χ1) is 60.8. The van der Waals surface area contributed by atoms with Gasteiger partial charge in [0.1, 0.15) is 0 Å². The van der Waals surface area contributed by atoms with Crippen molar-refractivity contribution in [1.82, 2.24) is 72.3 Å². The predicted octanol–water partition coefficient (Wildman–Crippen LogP) is 24.2. The number of pyridine rings is 6. The zero-order valence-electron chi connectivity index (χ0n) is 67.8. The molecule has 0 atom stereocenters. The average Bonchev–Trinajstić information content (AvgIpc) is 1.59. The molecule has 24 aromatic rings. The van der Waals surface area contributed by atoms with Crippen LogP contribution in [0.15, 0.2) is 365 Å². The first-order valence-corrected chi connectivity index (χ1v) is 40.6. The summed E-state index contributed by atoms with van der Waals surface area (Å²) < 4.78 is 13.1. The SMILES string of the molecule is Cn1c(-c2[c-]c3c(cc2)c2ccccc2n3-c2[c-]c(-c3ccccn3)cc(-c3ccccn3)c2)nc2ccccc21.Cn1c(-c2[c-]c3c(cc2)c2ccccc2n3-c2[c-]c(-c3ccccn3)ccc2)nc2c(-c3ccccn3)cccc21.Cn1c(-c2[c-]c3c(cc2)c2ccccc2n3-c2[c-]c(-c3ccccn3)ccc2-c2ccccn2)nc2ccccc21.[Pt+2].[Pt+2].[Pt+2]. The van der Waals surface area contributed by atoms with Crippen molar-refractivity contribution in [2.45, 2.75) is 0 Å². The van der Waals surface area contributed by atoms with Gasteiger partial charge in [0, 0.05) is 86.1 Å². The number of hydrogen-bond acceptors (Lipinski definition) is 9. The molecule has 126 heavy (non-hydrogen) atoms. The molecule has 24 rings (SSSR count). The van der Waals surface area contributed by atoms with Crippen molar-refractivity contribution >= 4 is 98.5 Å². The van der Waals surface area contributed by atoms with Gasteiger partial charge < -0.3 is 42.4 Å². The van der Waals surface area contributed by atoms with Gasteiger partial charge in [0.2, 0.25) is 0 Å². The summed E-state index contributed by atoms with van der Waals surface area (Å²) in [5.41, 5.74) is 28.9. The fraction of sp³-hybridized carbons (Fsp3) is 0.0278. The maximum absolute atomic E-state index is 5.14. The second kappa shape index (κ2) is 34.6. The Balaban J connectivity index is 0.000000122. The van der Waals surface area contributed by atoms with Crippen LogP contribution in [0, 0.1) is 36.4 Å². The molecule has 0 saturated carbocycles. The standard InChI is InChI=1S/3C36H23N5.3Pt/c1-40-33-15-5-3-13-31(33)39-36(40)25-17-18-27-26-10-2-4-14-32(26)41(34(27)23-25)35-22-24(29-11-6-8-20-37-29)16-19-28(35)30-12-7-9-21-38-30;1-40-34-15-5-3-13-32(34)39-36(40)24-16-17-29-28-10-2-4-14-33(28)41(35(29)23-24)27-21-25(30-11-6-8-18-37-30)20-26(22-27)31-12-7-9-19-38-31;1-40-33-17-9-13-29(31-15-5-7-21-38-31)35(33)39-36(40)25-18-19-28-27-12-2-3-16-32(27)41(34(28)23-25)26-11-8-10-24(22-26)30-14-4-6-20-37-30;;;/h3*2-21H,1H3;;;/q3*-2;3*+2. The molecule has 0 spiro atoms. The maximum Gasteiger partial charge on any atom is 2.00 e. The number of imidazole rings is 3. The molecule has 0 bridgehead atoms. The van der Waals surface area contributed by atoms with Crippen molar-refractivity contribution < 1.29 is 63.2 Å². The minimum atomic E-state index is 0. The molecule has 0 unspecified atom stereocenters. The largest absolute Gasteiger partial charge is 2.00 e. The molecule has 0 aliphatic heterocycles. The first-order valence-electron chi connectivity index (χ1n) is 40.6. The monoisotopic (exact) mass is 2160 g/mol. The van der Waals surface area contributed by atoms with Crippen molar-refractivity contribution in [2.24, 2.45) is 21.1 Å². The van der Waals surface area contributed by atoms with Crippen LogP contribution in [0.2, 0.25) is 0 Å². The number of para-hydroxylation sites is 8. The zero-order valence-corrected chi connectivity index (χ0v) is 74.6. The van der Waals surface area contributed by atoms with E-state index >= 15 is 0 Å². The van der Waals surface area contributed by atoms with E-state index in [4.69, 9.17) is 19.9 Å². The van der Waals surface area contributed by atoms with Crippen molar-refractivity contribution in [3.63, 3.8) is 0 Å². The van der Waals surface area contributed by atoms with Crippen LogP contribution in [-0.2, 0) is 84.3 Å². The Morgan fingerprint density at radius 3 is 1.08 bits per heavy atom. The van der Waals surface area contributed by atoms with Crippen molar-refractivity contribution in [3.05, 3.63) is 401 Å². The minimum Gasteiger partial charge on any atom is -0.367 e. The van der Waals surface area contributed by atoms with Gasteiger partial charge in [0.05, 0.1) is 62.0 Å². The third kappa shape index (κ3) is 14.6. The van der Waals surface area contributed by atoms with E-state index in [1.807, 2.05) is 189 Å². The molecule has 12 aromatic carbocycles. The summed E-state index contributed by atoms with van der Waals surface area (Å²) >= 11 is 0. The summed E-state index contributed by atoms with van der Waals surface area (Å²) in [5, 5.41) is 6.86. The molecule has 0 saturated heterocycles. The Morgan fingerprint density at radius 2 is 0.595 bits per heavy atom. The second-order valence-electron chi connectivity index (χ2n) is 30.1. The van der Waals surface area contributed by atoms with E-state index in [1.165, 1.54) is 5.39 Å². The maximum atomic E-state index is 5.14. The summed E-state index contributed by atoms with van der Waals surface area (Å²) in [5.74, 6) is 2.61. The molecule has 0 amide bonds. The minimum absolute atomic E-state index is 0. The van der Waals surface area contributed by atoms with Crippen LogP contribution in [0.1, 0.15) is 0 Å². The normalized spacial score (nSPS) is 11.3. The van der Waals surface area contributed by atoms with E-state index < -0.39 is 0 Å². The van der Waals surface area contributed by atoms with Gasteiger partial charge in [0.15, 0.2) is 0 Å². The fourth-order valence-corrected chi connectivity index (χ4v) is 17.1. The van der Waals surface area contributed by atoms with E-state index in [-0.39, 0.29) is 63.2 Å². The molecular formula is C108H69N15Pt3. The Labute approximate surface area is 768 Å². The van der Waals surface area contributed by atoms with Crippen molar-refractivity contribution in [3.8, 4) is 119 Å². The third-order valence-corrected chi connectivity index (χ3v) is 22.9. The summed E-state index contributed by atoms with van der Waals surface area (Å²) in [7, 11) is 6.17. The van der Waals surface area contributed by atoms with Crippen LogP contribution < -0.4 is 0 Å². The van der Waals surface area contributed by atoms with Gasteiger partial charge in [-0.3, -0.25) is 29.9 Å². The van der Waals surface area contributed by atoms with Crippen LogP contribution in [0.4, 0.5) is 0 Å². The van der Waals surface area contributed by atoms with Gasteiger partial charge in [-0.25, -0.2) is 0 Å². The van der Waals surface area contributed by atoms with Gasteiger partial charge in [-0.05, 0) is 170 Å². The Kier molecular flexibility index (Phi) is 22.3. The average molecular weight is 2160 g/mol. The molecule has 0 aliphatic rings. The molecule has 18 heteroatoms. The van der Waals surface area contributed by atoms with E-state index in [9.17, 15) is 0 Å². The predicted molar refractivity (Wildman–Crippen MR) is 494 cm³/mol. The number of aromatic nitrogens is 15. The van der Waals surface area contributed by atoms with Gasteiger partial charge in [-0.1, -0.05) is 173 Å². The van der Waals surface area contributed by atoms with Gasteiger partial charge in [-0.15, -0.1) is 149 Å². The fourth-order valence-electron chi connectivity index (χ4n) is 17.1. The molecule has 606 valence electrons. The third-order valence-electron chi connectivity index (χ3n) is 22.9. The quantitative estimate of drug-likeness (QED) is 0.109. The summed E-state index contributed by atoms with van der Waals surface area (Å²) in [6.45, 7) is 0. The van der Waals surface area contributed by atoms with E-state index in [0.29, 0.717) is 0 Å². The van der Waals surface area contributed by atoms with Crippen LogP contribution >= 0.6 is 0 Å². The molecule has 15 nitrogen and oxygen atoms in total. The van der Waals surface area contributed by atoms with E-state index in [1.54, 1.807) is 0 Å². The Bertz CT molecular complexity index is 8110. The van der Waals surface area contributed by atoms with E-state index in [0.717, 1.165) is 212 Å². The summed E-state index contributed by atoms with van der Waals surface area (Å²) in [6, 6.07) is 134. The molecule has 0 fully saturated rings. The van der Waals surface area contributed by atoms with Crippen LogP contribution in [0.5, 0.6) is 0 Å². The number of aryl methyl sites for hydroxylation is 3. The molecule has 0 N–H and O–H groups in total. The zero-order chi connectivity index (χ0) is 82.0. The molecule has 12 heterocycles. The number of rotatable bonds is 12. The summed E-state index contributed by atoms with van der Waals surface area (Å²) in [4.78, 5) is 42.8. The molecule has 0 aliphatic carbocycles. The molecule has 12 aromatic heterocycles. The first kappa shape index (κ1) is 81.1. The van der Waals surface area contributed by atoms with Crippen LogP contribution in [0.3, 0.4) is 0 Å². The van der Waals surface area contributed by atoms with Crippen LogP contribution in [0.25, 0.3) is 217 Å². The Morgan fingerprint density at radius 1 is 0.230 bits per heavy atom. The molecule has 0 radical (unpaired) electrons.